The summed E-state index contributed by atoms with van der Waals surface area (Å²) >= 11 is 10.2. The third-order valence-electron chi connectivity index (χ3n) is 2.54. The van der Waals surface area contributed by atoms with Crippen molar-refractivity contribution in [3.8, 4) is 5.75 Å². The van der Waals surface area contributed by atoms with Crippen LogP contribution >= 0.6 is 24.2 Å². The number of hydrogen-bond acceptors (Lipinski definition) is 3. The molecule has 1 unspecified atom stereocenters. The van der Waals surface area contributed by atoms with Crippen molar-refractivity contribution in [2.24, 2.45) is 0 Å². The predicted octanol–water partition coefficient (Wildman–Crippen LogP) is 2.38. The standard InChI is InChI=1S/C11H12ClNO2S/c1-15-10-4-7(12)2-3-9(10)13-6-8(16)5-11(13)14/h2-4,8,16H,5-6H2,1H3. The van der Waals surface area contributed by atoms with Gasteiger partial charge in [-0.1, -0.05) is 11.6 Å². The number of rotatable bonds is 2. The van der Waals surface area contributed by atoms with Crippen molar-refractivity contribution in [1.82, 2.24) is 0 Å². The van der Waals surface area contributed by atoms with Crippen LogP contribution in [-0.4, -0.2) is 24.8 Å². The van der Waals surface area contributed by atoms with Crippen molar-refractivity contribution in [3.63, 3.8) is 0 Å². The van der Waals surface area contributed by atoms with E-state index in [4.69, 9.17) is 16.3 Å². The van der Waals surface area contributed by atoms with Crippen LogP contribution < -0.4 is 9.64 Å². The first-order valence-electron chi connectivity index (χ1n) is 4.94. The Morgan fingerprint density at radius 2 is 2.31 bits per heavy atom. The third kappa shape index (κ3) is 2.13. The summed E-state index contributed by atoms with van der Waals surface area (Å²) in [5.41, 5.74) is 0.758. The Kier molecular flexibility index (Phi) is 3.30. The minimum atomic E-state index is 0.0700. The SMILES string of the molecule is COc1cc(Cl)ccc1N1CC(S)CC1=O. The van der Waals surface area contributed by atoms with Crippen molar-refractivity contribution >= 4 is 35.8 Å². The summed E-state index contributed by atoms with van der Waals surface area (Å²) in [7, 11) is 1.56. The topological polar surface area (TPSA) is 29.5 Å². The fourth-order valence-electron chi connectivity index (χ4n) is 1.80. The second-order valence-electron chi connectivity index (χ2n) is 3.68. The van der Waals surface area contributed by atoms with Crippen molar-refractivity contribution < 1.29 is 9.53 Å². The largest absolute Gasteiger partial charge is 0.495 e. The zero-order valence-electron chi connectivity index (χ0n) is 8.81. The van der Waals surface area contributed by atoms with E-state index in [1.54, 1.807) is 30.2 Å². The second-order valence-corrected chi connectivity index (χ2v) is 4.85. The van der Waals surface area contributed by atoms with Gasteiger partial charge in [0.2, 0.25) is 5.91 Å². The van der Waals surface area contributed by atoms with E-state index in [1.165, 1.54) is 0 Å². The number of thiol groups is 1. The van der Waals surface area contributed by atoms with Gasteiger partial charge in [-0.05, 0) is 12.1 Å². The van der Waals surface area contributed by atoms with Gasteiger partial charge in [0.25, 0.3) is 0 Å². The van der Waals surface area contributed by atoms with E-state index in [2.05, 4.69) is 12.6 Å². The van der Waals surface area contributed by atoms with E-state index < -0.39 is 0 Å². The maximum absolute atomic E-state index is 11.7. The highest BCUT2D eigenvalue weighted by Crippen LogP contribution is 2.34. The van der Waals surface area contributed by atoms with E-state index in [0.717, 1.165) is 5.69 Å². The van der Waals surface area contributed by atoms with Crippen LogP contribution in [0.2, 0.25) is 5.02 Å². The van der Waals surface area contributed by atoms with E-state index >= 15 is 0 Å². The van der Waals surface area contributed by atoms with Gasteiger partial charge in [0.05, 0.1) is 12.8 Å². The highest BCUT2D eigenvalue weighted by atomic mass is 35.5. The maximum atomic E-state index is 11.7. The number of nitrogens with zero attached hydrogens (tertiary/aromatic N) is 1. The molecule has 0 aromatic heterocycles. The molecule has 0 radical (unpaired) electrons. The van der Waals surface area contributed by atoms with Crippen LogP contribution in [0.4, 0.5) is 5.69 Å². The fraction of sp³-hybridized carbons (Fsp3) is 0.364. The molecule has 16 heavy (non-hydrogen) atoms. The number of ether oxygens (including phenoxy) is 1. The van der Waals surface area contributed by atoms with Gasteiger partial charge in [0, 0.05) is 29.3 Å². The Hall–Kier alpha value is -0.870. The highest BCUT2D eigenvalue weighted by molar-refractivity contribution is 7.81. The molecular weight excluding hydrogens is 246 g/mol. The van der Waals surface area contributed by atoms with Gasteiger partial charge in [-0.3, -0.25) is 4.79 Å². The minimum Gasteiger partial charge on any atom is -0.495 e. The van der Waals surface area contributed by atoms with Gasteiger partial charge in [-0.15, -0.1) is 0 Å². The van der Waals surface area contributed by atoms with Gasteiger partial charge < -0.3 is 9.64 Å². The van der Waals surface area contributed by atoms with E-state index in [1.807, 2.05) is 0 Å². The molecule has 0 bridgehead atoms. The zero-order valence-corrected chi connectivity index (χ0v) is 10.5. The summed E-state index contributed by atoms with van der Waals surface area (Å²) in [5, 5.41) is 0.683. The number of hydrogen-bond donors (Lipinski definition) is 1. The molecule has 2 rings (SSSR count). The molecule has 0 aliphatic carbocycles. The normalized spacial score (nSPS) is 20.3. The lowest BCUT2D eigenvalue weighted by atomic mass is 10.2. The quantitative estimate of drug-likeness (QED) is 0.825. The lowest BCUT2D eigenvalue weighted by molar-refractivity contribution is -0.117. The molecule has 1 amide bonds. The first kappa shape index (κ1) is 11.6. The molecule has 5 heteroatoms. The van der Waals surface area contributed by atoms with E-state index in [-0.39, 0.29) is 11.2 Å². The van der Waals surface area contributed by atoms with Gasteiger partial charge in [-0.2, -0.15) is 12.6 Å². The average molecular weight is 258 g/mol. The maximum Gasteiger partial charge on any atom is 0.228 e. The second kappa shape index (κ2) is 4.55. The number of methoxy groups -OCH3 is 1. The predicted molar refractivity (Wildman–Crippen MR) is 67.7 cm³/mol. The van der Waals surface area contributed by atoms with Gasteiger partial charge >= 0.3 is 0 Å². The Balaban J connectivity index is 2.36. The monoisotopic (exact) mass is 257 g/mol. The van der Waals surface area contributed by atoms with Crippen LogP contribution in [0.1, 0.15) is 6.42 Å². The lowest BCUT2D eigenvalue weighted by Gasteiger charge is -2.19. The summed E-state index contributed by atoms with van der Waals surface area (Å²) in [5.74, 6) is 0.684. The zero-order chi connectivity index (χ0) is 11.7. The molecule has 1 atom stereocenters. The summed E-state index contributed by atoms with van der Waals surface area (Å²) in [6.07, 6.45) is 0.467. The first-order valence-corrected chi connectivity index (χ1v) is 5.83. The average Bonchev–Trinajstić information content (AvgIpc) is 2.57. The van der Waals surface area contributed by atoms with Crippen LogP contribution in [0.3, 0.4) is 0 Å². The molecule has 1 aromatic rings. The van der Waals surface area contributed by atoms with E-state index in [0.29, 0.717) is 23.7 Å². The number of carbonyl (C=O) groups excluding carboxylic acids is 1. The molecule has 3 nitrogen and oxygen atoms in total. The van der Waals surface area contributed by atoms with Crippen LogP contribution in [0.5, 0.6) is 5.75 Å². The first-order chi connectivity index (χ1) is 7.61. The van der Waals surface area contributed by atoms with Crippen LogP contribution in [0.25, 0.3) is 0 Å². The van der Waals surface area contributed by atoms with Crippen molar-refractivity contribution in [1.29, 1.82) is 0 Å². The molecule has 1 aromatic carbocycles. The molecule has 1 aliphatic heterocycles. The number of benzene rings is 1. The van der Waals surface area contributed by atoms with Crippen LogP contribution in [0, 0.1) is 0 Å². The summed E-state index contributed by atoms with van der Waals surface area (Å²) in [6.45, 7) is 0.611. The molecule has 1 heterocycles. The summed E-state index contributed by atoms with van der Waals surface area (Å²) < 4.78 is 5.22. The number of amides is 1. The Morgan fingerprint density at radius 1 is 1.56 bits per heavy atom. The Morgan fingerprint density at radius 3 is 2.88 bits per heavy atom. The molecule has 1 aliphatic rings. The number of anilines is 1. The highest BCUT2D eigenvalue weighted by Gasteiger charge is 2.30. The molecule has 0 spiro atoms. The Labute approximate surface area is 105 Å². The molecule has 0 N–H and O–H groups in total. The molecule has 0 saturated carbocycles. The molecule has 1 saturated heterocycles. The molecule has 1 fully saturated rings. The molecular formula is C11H12ClNO2S. The van der Waals surface area contributed by atoms with Gasteiger partial charge in [-0.25, -0.2) is 0 Å². The fourth-order valence-corrected chi connectivity index (χ4v) is 2.28. The number of carbonyl (C=O) groups is 1. The summed E-state index contributed by atoms with van der Waals surface area (Å²) in [4.78, 5) is 13.4. The Bertz CT molecular complexity index is 424. The lowest BCUT2D eigenvalue weighted by Crippen LogP contribution is -2.25. The summed E-state index contributed by atoms with van der Waals surface area (Å²) in [6, 6.07) is 5.25. The van der Waals surface area contributed by atoms with Gasteiger partial charge in [0.15, 0.2) is 0 Å². The van der Waals surface area contributed by atoms with E-state index in [9.17, 15) is 4.79 Å². The van der Waals surface area contributed by atoms with Crippen LogP contribution in [-0.2, 0) is 4.79 Å². The van der Waals surface area contributed by atoms with Crippen molar-refractivity contribution in [2.45, 2.75) is 11.7 Å². The molecule has 86 valence electrons. The number of halogens is 1. The van der Waals surface area contributed by atoms with Crippen molar-refractivity contribution in [3.05, 3.63) is 23.2 Å². The van der Waals surface area contributed by atoms with Crippen LogP contribution in [0.15, 0.2) is 18.2 Å². The minimum absolute atomic E-state index is 0.0700. The third-order valence-corrected chi connectivity index (χ3v) is 3.12. The van der Waals surface area contributed by atoms with Gasteiger partial charge in [0.1, 0.15) is 5.75 Å². The van der Waals surface area contributed by atoms with Crippen molar-refractivity contribution in [2.75, 3.05) is 18.6 Å². The smallest absolute Gasteiger partial charge is 0.228 e.